The molecule has 0 aliphatic carbocycles. The van der Waals surface area contributed by atoms with E-state index in [1.807, 2.05) is 0 Å². The molecule has 0 radical (unpaired) electrons. The molecule has 0 N–H and O–H groups in total. The smallest absolute Gasteiger partial charge is 0.251 e. The van der Waals surface area contributed by atoms with E-state index >= 15 is 0 Å². The number of hydrogen-bond donors (Lipinski definition) is 0. The molecule has 0 saturated carbocycles. The molecular formula is C11H9BrFN3O2S. The first-order chi connectivity index (χ1) is 8.93. The number of aromatic nitrogens is 2. The molecule has 2 aromatic rings. The zero-order valence-corrected chi connectivity index (χ0v) is 12.2. The van der Waals surface area contributed by atoms with Gasteiger partial charge in [-0.1, -0.05) is 0 Å². The van der Waals surface area contributed by atoms with Crippen LogP contribution in [0.15, 0.2) is 45.9 Å². The maximum absolute atomic E-state index is 13.4. The average Bonchev–Trinajstić information content (AvgIpc) is 2.41. The average molecular weight is 346 g/mol. The van der Waals surface area contributed by atoms with Crippen LogP contribution in [-0.4, -0.2) is 25.7 Å². The van der Waals surface area contributed by atoms with Crippen LogP contribution < -0.4 is 4.31 Å². The zero-order valence-electron chi connectivity index (χ0n) is 9.79. The lowest BCUT2D eigenvalue weighted by molar-refractivity contribution is 0.587. The van der Waals surface area contributed by atoms with Gasteiger partial charge in [0.25, 0.3) is 10.0 Å². The highest BCUT2D eigenvalue weighted by Crippen LogP contribution is 2.23. The predicted octanol–water partition coefficient (Wildman–Crippen LogP) is 2.20. The number of sulfonamides is 1. The second kappa shape index (κ2) is 5.22. The molecule has 2 rings (SSSR count). The number of hydrogen-bond acceptors (Lipinski definition) is 4. The maximum atomic E-state index is 13.4. The molecule has 0 amide bonds. The van der Waals surface area contributed by atoms with Crippen LogP contribution in [0, 0.1) is 5.82 Å². The monoisotopic (exact) mass is 345 g/mol. The Labute approximate surface area is 118 Å². The van der Waals surface area contributed by atoms with Crippen LogP contribution in [0.2, 0.25) is 0 Å². The van der Waals surface area contributed by atoms with Gasteiger partial charge in [0, 0.05) is 13.2 Å². The molecular weight excluding hydrogens is 337 g/mol. The fraction of sp³-hybridized carbons (Fsp3) is 0.0909. The lowest BCUT2D eigenvalue weighted by Gasteiger charge is -2.17. The number of halogens is 2. The number of benzene rings is 1. The minimum absolute atomic E-state index is 0.152. The third-order valence-electron chi connectivity index (χ3n) is 2.43. The van der Waals surface area contributed by atoms with Crippen molar-refractivity contribution in [1.82, 2.24) is 10.2 Å². The number of anilines is 1. The van der Waals surface area contributed by atoms with Gasteiger partial charge < -0.3 is 0 Å². The van der Waals surface area contributed by atoms with E-state index < -0.39 is 15.8 Å². The first-order valence-electron chi connectivity index (χ1n) is 5.14. The third kappa shape index (κ3) is 2.74. The molecule has 0 saturated heterocycles. The van der Waals surface area contributed by atoms with Gasteiger partial charge in [0.15, 0.2) is 5.82 Å². The van der Waals surface area contributed by atoms with Gasteiger partial charge in [-0.3, -0.25) is 4.31 Å². The van der Waals surface area contributed by atoms with E-state index in [-0.39, 0.29) is 15.2 Å². The molecule has 1 aromatic heterocycles. The van der Waals surface area contributed by atoms with Crippen LogP contribution in [0.5, 0.6) is 0 Å². The van der Waals surface area contributed by atoms with Crippen LogP contribution in [0.25, 0.3) is 0 Å². The summed E-state index contributed by atoms with van der Waals surface area (Å²) in [5.41, 5.74) is 0. The molecule has 0 spiro atoms. The van der Waals surface area contributed by atoms with Gasteiger partial charge in [0.2, 0.25) is 0 Å². The summed E-state index contributed by atoms with van der Waals surface area (Å²) in [6, 6.07) is 6.67. The quantitative estimate of drug-likeness (QED) is 0.855. The van der Waals surface area contributed by atoms with E-state index in [0.717, 1.165) is 10.4 Å². The van der Waals surface area contributed by atoms with Crippen molar-refractivity contribution in [3.63, 3.8) is 0 Å². The molecule has 0 atom stereocenters. The van der Waals surface area contributed by atoms with Gasteiger partial charge in [-0.15, -0.1) is 5.10 Å². The SMILES string of the molecule is CN(c1cccnn1)S(=O)(=O)c1ccc(Br)c(F)c1. The van der Waals surface area contributed by atoms with E-state index in [9.17, 15) is 12.8 Å². The molecule has 0 fully saturated rings. The molecule has 1 heterocycles. The highest BCUT2D eigenvalue weighted by molar-refractivity contribution is 9.10. The largest absolute Gasteiger partial charge is 0.265 e. The highest BCUT2D eigenvalue weighted by atomic mass is 79.9. The van der Waals surface area contributed by atoms with Crippen molar-refractivity contribution in [3.05, 3.63) is 46.8 Å². The van der Waals surface area contributed by atoms with E-state index in [1.165, 1.54) is 31.4 Å². The fourth-order valence-corrected chi connectivity index (χ4v) is 2.78. The minimum Gasteiger partial charge on any atom is -0.251 e. The topological polar surface area (TPSA) is 63.2 Å². The lowest BCUT2D eigenvalue weighted by atomic mass is 10.3. The van der Waals surface area contributed by atoms with Gasteiger partial charge in [-0.2, -0.15) is 5.10 Å². The summed E-state index contributed by atoms with van der Waals surface area (Å²) >= 11 is 2.97. The lowest BCUT2D eigenvalue weighted by Crippen LogP contribution is -2.27. The Morgan fingerprint density at radius 2 is 2.05 bits per heavy atom. The van der Waals surface area contributed by atoms with E-state index in [4.69, 9.17) is 0 Å². The fourth-order valence-electron chi connectivity index (χ4n) is 1.38. The van der Waals surface area contributed by atoms with Crippen LogP contribution >= 0.6 is 15.9 Å². The van der Waals surface area contributed by atoms with E-state index in [1.54, 1.807) is 6.07 Å². The number of rotatable bonds is 3. The molecule has 0 aliphatic rings. The molecule has 0 aliphatic heterocycles. The van der Waals surface area contributed by atoms with Crippen molar-refractivity contribution in [2.45, 2.75) is 4.90 Å². The van der Waals surface area contributed by atoms with Gasteiger partial charge in [0.05, 0.1) is 9.37 Å². The van der Waals surface area contributed by atoms with Crippen LogP contribution in [0.4, 0.5) is 10.2 Å². The van der Waals surface area contributed by atoms with Crippen LogP contribution in [0.1, 0.15) is 0 Å². The zero-order chi connectivity index (χ0) is 14.0. The van der Waals surface area contributed by atoms with Crippen molar-refractivity contribution in [2.75, 3.05) is 11.4 Å². The summed E-state index contributed by atoms with van der Waals surface area (Å²) in [6.45, 7) is 0. The van der Waals surface area contributed by atoms with Crippen LogP contribution in [-0.2, 0) is 10.0 Å². The van der Waals surface area contributed by atoms with Crippen LogP contribution in [0.3, 0.4) is 0 Å². The molecule has 100 valence electrons. The van der Waals surface area contributed by atoms with E-state index in [2.05, 4.69) is 26.1 Å². The van der Waals surface area contributed by atoms with Gasteiger partial charge >= 0.3 is 0 Å². The first-order valence-corrected chi connectivity index (χ1v) is 7.38. The van der Waals surface area contributed by atoms with Crippen molar-refractivity contribution >= 4 is 31.8 Å². The minimum atomic E-state index is -3.86. The normalized spacial score (nSPS) is 11.3. The Morgan fingerprint density at radius 1 is 1.32 bits per heavy atom. The second-order valence-corrected chi connectivity index (χ2v) is 6.45. The molecule has 0 bridgehead atoms. The van der Waals surface area contributed by atoms with Crippen molar-refractivity contribution in [3.8, 4) is 0 Å². The maximum Gasteiger partial charge on any atom is 0.265 e. The summed E-state index contributed by atoms with van der Waals surface area (Å²) in [5.74, 6) is -0.487. The Hall–Kier alpha value is -1.54. The highest BCUT2D eigenvalue weighted by Gasteiger charge is 2.23. The Morgan fingerprint density at radius 3 is 2.63 bits per heavy atom. The predicted molar refractivity (Wildman–Crippen MR) is 71.7 cm³/mol. The van der Waals surface area contributed by atoms with Crippen molar-refractivity contribution in [1.29, 1.82) is 0 Å². The van der Waals surface area contributed by atoms with Crippen molar-refractivity contribution < 1.29 is 12.8 Å². The second-order valence-electron chi connectivity index (χ2n) is 3.63. The summed E-state index contributed by atoms with van der Waals surface area (Å²) in [7, 11) is -2.53. The van der Waals surface area contributed by atoms with E-state index in [0.29, 0.717) is 0 Å². The summed E-state index contributed by atoms with van der Waals surface area (Å²) in [6.07, 6.45) is 1.43. The standard InChI is InChI=1S/C11H9BrFN3O2S/c1-16(11-3-2-6-14-15-11)19(17,18)8-4-5-9(12)10(13)7-8/h2-7H,1H3. The molecule has 19 heavy (non-hydrogen) atoms. The molecule has 0 unspecified atom stereocenters. The van der Waals surface area contributed by atoms with Gasteiger partial charge in [-0.05, 0) is 46.3 Å². The third-order valence-corrected chi connectivity index (χ3v) is 4.83. The summed E-state index contributed by atoms with van der Waals surface area (Å²) < 4.78 is 39.1. The van der Waals surface area contributed by atoms with Crippen molar-refractivity contribution in [2.24, 2.45) is 0 Å². The van der Waals surface area contributed by atoms with Gasteiger partial charge in [-0.25, -0.2) is 12.8 Å². The molecule has 1 aromatic carbocycles. The Bertz CT molecular complexity index is 694. The number of nitrogens with zero attached hydrogens (tertiary/aromatic N) is 3. The summed E-state index contributed by atoms with van der Waals surface area (Å²) in [4.78, 5) is -0.152. The Kier molecular flexibility index (Phi) is 3.81. The first kappa shape index (κ1) is 13.9. The summed E-state index contributed by atoms with van der Waals surface area (Å²) in [5, 5.41) is 7.31. The van der Waals surface area contributed by atoms with Gasteiger partial charge in [0.1, 0.15) is 5.82 Å². The Balaban J connectivity index is 2.45. The molecule has 5 nitrogen and oxygen atoms in total. The molecule has 8 heteroatoms.